The number of hydrogen-bond acceptors (Lipinski definition) is 3. The van der Waals surface area contributed by atoms with E-state index in [1.165, 1.54) is 4.68 Å². The van der Waals surface area contributed by atoms with Crippen molar-refractivity contribution in [3.8, 4) is 16.8 Å². The van der Waals surface area contributed by atoms with Crippen LogP contribution in [0.25, 0.3) is 16.8 Å². The predicted octanol–water partition coefficient (Wildman–Crippen LogP) is 4.65. The molecule has 0 saturated carbocycles. The Labute approximate surface area is 186 Å². The minimum absolute atomic E-state index is 0.174. The second kappa shape index (κ2) is 9.06. The first-order valence-corrected chi connectivity index (χ1v) is 10.6. The molecule has 1 N–H and O–H groups in total. The van der Waals surface area contributed by atoms with Crippen molar-refractivity contribution in [2.75, 3.05) is 0 Å². The van der Waals surface area contributed by atoms with Gasteiger partial charge in [-0.1, -0.05) is 74.5 Å². The van der Waals surface area contributed by atoms with Crippen LogP contribution in [-0.4, -0.2) is 25.4 Å². The van der Waals surface area contributed by atoms with Gasteiger partial charge in [0.25, 0.3) is 0 Å². The second-order valence-corrected chi connectivity index (χ2v) is 8.18. The zero-order chi connectivity index (χ0) is 22.7. The van der Waals surface area contributed by atoms with Crippen LogP contribution in [0.15, 0.2) is 83.7 Å². The third kappa shape index (κ3) is 4.39. The quantitative estimate of drug-likeness (QED) is 0.466. The Kier molecular flexibility index (Phi) is 6.03. The van der Waals surface area contributed by atoms with E-state index in [0.29, 0.717) is 24.4 Å². The number of benzene rings is 3. The van der Waals surface area contributed by atoms with Gasteiger partial charge in [0.2, 0.25) is 0 Å². The molecule has 0 aliphatic carbocycles. The number of hydrogen-bond donors (Lipinski definition) is 1. The molecule has 4 aromatic rings. The van der Waals surface area contributed by atoms with Crippen molar-refractivity contribution in [2.24, 2.45) is 5.92 Å². The van der Waals surface area contributed by atoms with Gasteiger partial charge in [-0.2, -0.15) is 4.68 Å². The maximum atomic E-state index is 13.2. The van der Waals surface area contributed by atoms with Crippen molar-refractivity contribution < 1.29 is 9.90 Å². The van der Waals surface area contributed by atoms with E-state index in [0.717, 1.165) is 22.6 Å². The maximum Gasteiger partial charge on any atom is 0.351 e. The molecule has 1 aromatic heterocycles. The number of aromatic carboxylic acids is 1. The molecule has 6 nitrogen and oxygen atoms in total. The van der Waals surface area contributed by atoms with Crippen molar-refractivity contribution in [2.45, 2.75) is 26.8 Å². The predicted molar refractivity (Wildman–Crippen MR) is 124 cm³/mol. The fourth-order valence-electron chi connectivity index (χ4n) is 3.74. The van der Waals surface area contributed by atoms with Crippen LogP contribution in [0.2, 0.25) is 0 Å². The van der Waals surface area contributed by atoms with Crippen molar-refractivity contribution >= 4 is 5.97 Å². The Morgan fingerprint density at radius 1 is 0.938 bits per heavy atom. The highest BCUT2D eigenvalue weighted by Crippen LogP contribution is 2.24. The number of carbonyl (C=O) groups is 1. The Morgan fingerprint density at radius 3 is 2.25 bits per heavy atom. The largest absolute Gasteiger partial charge is 0.478 e. The van der Waals surface area contributed by atoms with Crippen molar-refractivity contribution in [3.05, 3.63) is 106 Å². The Morgan fingerprint density at radius 2 is 1.59 bits per heavy atom. The summed E-state index contributed by atoms with van der Waals surface area (Å²) in [5.74, 6) is 0.145. The number of rotatable bonds is 7. The average Bonchev–Trinajstić information content (AvgIpc) is 3.09. The molecule has 4 rings (SSSR count). The van der Waals surface area contributed by atoms with Gasteiger partial charge in [0, 0.05) is 6.42 Å². The van der Waals surface area contributed by atoms with E-state index in [1.807, 2.05) is 60.7 Å². The van der Waals surface area contributed by atoms with Crippen LogP contribution in [0.3, 0.4) is 0 Å². The van der Waals surface area contributed by atoms with Gasteiger partial charge in [-0.25, -0.2) is 9.59 Å². The standard InChI is InChI=1S/C26H25N3O3/c1-18(2)16-24-27-29(21-8-4-3-5-9-21)26(32)28(24)17-19-12-14-20(15-13-19)22-10-6-7-11-23(22)25(30)31/h3-15,18H,16-17H2,1-2H3,(H,30,31). The maximum absolute atomic E-state index is 13.2. The van der Waals surface area contributed by atoms with E-state index >= 15 is 0 Å². The molecule has 32 heavy (non-hydrogen) atoms. The fraction of sp³-hybridized carbons (Fsp3) is 0.192. The van der Waals surface area contributed by atoms with Crippen LogP contribution in [0, 0.1) is 5.92 Å². The van der Waals surface area contributed by atoms with E-state index in [2.05, 4.69) is 18.9 Å². The molecule has 0 radical (unpaired) electrons. The van der Waals surface area contributed by atoms with Crippen LogP contribution in [0.1, 0.15) is 35.6 Å². The monoisotopic (exact) mass is 427 g/mol. The molecule has 0 saturated heterocycles. The molecule has 0 aliphatic heterocycles. The summed E-state index contributed by atoms with van der Waals surface area (Å²) in [5.41, 5.74) is 3.26. The molecule has 162 valence electrons. The fourth-order valence-corrected chi connectivity index (χ4v) is 3.74. The number of carboxylic acid groups (broad SMARTS) is 1. The van der Waals surface area contributed by atoms with Gasteiger partial charge in [-0.15, -0.1) is 5.10 Å². The van der Waals surface area contributed by atoms with E-state index in [4.69, 9.17) is 0 Å². The van der Waals surface area contributed by atoms with Crippen molar-refractivity contribution in [3.63, 3.8) is 0 Å². The number of para-hydroxylation sites is 1. The number of nitrogens with zero attached hydrogens (tertiary/aromatic N) is 3. The van der Waals surface area contributed by atoms with Crippen molar-refractivity contribution in [1.29, 1.82) is 0 Å². The summed E-state index contributed by atoms with van der Waals surface area (Å²) in [7, 11) is 0. The van der Waals surface area contributed by atoms with Crippen LogP contribution < -0.4 is 5.69 Å². The van der Waals surface area contributed by atoms with Gasteiger partial charge < -0.3 is 5.11 Å². The van der Waals surface area contributed by atoms with Crippen LogP contribution in [-0.2, 0) is 13.0 Å². The van der Waals surface area contributed by atoms with Crippen LogP contribution in [0.5, 0.6) is 0 Å². The molecular formula is C26H25N3O3. The summed E-state index contributed by atoms with van der Waals surface area (Å²) in [6.45, 7) is 4.60. The zero-order valence-electron chi connectivity index (χ0n) is 18.1. The van der Waals surface area contributed by atoms with Gasteiger partial charge in [-0.05, 0) is 40.8 Å². The molecular weight excluding hydrogens is 402 g/mol. The summed E-state index contributed by atoms with van der Waals surface area (Å²) in [6.07, 6.45) is 0.694. The van der Waals surface area contributed by atoms with Gasteiger partial charge in [0.15, 0.2) is 0 Å². The highest BCUT2D eigenvalue weighted by molar-refractivity contribution is 5.95. The molecule has 6 heteroatoms. The second-order valence-electron chi connectivity index (χ2n) is 8.18. The van der Waals surface area contributed by atoms with Gasteiger partial charge >= 0.3 is 11.7 Å². The van der Waals surface area contributed by atoms with E-state index in [9.17, 15) is 14.7 Å². The van der Waals surface area contributed by atoms with Gasteiger partial charge in [0.05, 0.1) is 17.8 Å². The molecule has 0 bridgehead atoms. The molecule has 0 aliphatic rings. The molecule has 3 aromatic carbocycles. The Balaban J connectivity index is 1.68. The number of carboxylic acids is 1. The first-order chi connectivity index (χ1) is 15.4. The van der Waals surface area contributed by atoms with E-state index in [1.54, 1.807) is 22.8 Å². The third-order valence-electron chi connectivity index (χ3n) is 5.29. The van der Waals surface area contributed by atoms with Crippen LogP contribution >= 0.6 is 0 Å². The first kappa shape index (κ1) is 21.3. The average molecular weight is 428 g/mol. The number of aromatic nitrogens is 3. The minimum Gasteiger partial charge on any atom is -0.478 e. The molecule has 0 atom stereocenters. The summed E-state index contributed by atoms with van der Waals surface area (Å²) in [4.78, 5) is 24.7. The van der Waals surface area contributed by atoms with Gasteiger partial charge in [-0.3, -0.25) is 4.57 Å². The summed E-state index contributed by atoms with van der Waals surface area (Å²) in [5, 5.41) is 14.1. The molecule has 0 unspecified atom stereocenters. The zero-order valence-corrected chi connectivity index (χ0v) is 18.1. The molecule has 0 fully saturated rings. The molecule has 0 amide bonds. The lowest BCUT2D eigenvalue weighted by molar-refractivity contribution is 0.0697. The minimum atomic E-state index is -0.956. The Bertz CT molecular complexity index is 1290. The Hall–Kier alpha value is -3.93. The van der Waals surface area contributed by atoms with Gasteiger partial charge in [0.1, 0.15) is 5.82 Å². The lowest BCUT2D eigenvalue weighted by Gasteiger charge is -2.10. The molecule has 1 heterocycles. The smallest absolute Gasteiger partial charge is 0.351 e. The summed E-state index contributed by atoms with van der Waals surface area (Å²) < 4.78 is 3.17. The topological polar surface area (TPSA) is 77.1 Å². The molecule has 0 spiro atoms. The summed E-state index contributed by atoms with van der Waals surface area (Å²) in [6, 6.07) is 24.0. The third-order valence-corrected chi connectivity index (χ3v) is 5.29. The summed E-state index contributed by atoms with van der Waals surface area (Å²) >= 11 is 0. The normalized spacial score (nSPS) is 11.1. The highest BCUT2D eigenvalue weighted by atomic mass is 16.4. The SMILES string of the molecule is CC(C)Cc1nn(-c2ccccc2)c(=O)n1Cc1ccc(-c2ccccc2C(=O)O)cc1. The highest BCUT2D eigenvalue weighted by Gasteiger charge is 2.16. The van der Waals surface area contributed by atoms with Crippen LogP contribution in [0.4, 0.5) is 0 Å². The van der Waals surface area contributed by atoms with E-state index < -0.39 is 5.97 Å². The lowest BCUT2D eigenvalue weighted by Crippen LogP contribution is -2.25. The van der Waals surface area contributed by atoms with Crippen molar-refractivity contribution in [1.82, 2.24) is 14.3 Å². The van der Waals surface area contributed by atoms with E-state index in [-0.39, 0.29) is 11.3 Å². The lowest BCUT2D eigenvalue weighted by atomic mass is 9.99. The first-order valence-electron chi connectivity index (χ1n) is 10.6.